The van der Waals surface area contributed by atoms with Crippen LogP contribution in [-0.4, -0.2) is 59.5 Å². The minimum absolute atomic E-state index is 0.0561. The van der Waals surface area contributed by atoms with Gasteiger partial charge in [0.25, 0.3) is 11.8 Å². The molecule has 2 aromatic carbocycles. The van der Waals surface area contributed by atoms with Crippen LogP contribution in [-0.2, 0) is 4.74 Å². The van der Waals surface area contributed by atoms with Crippen LogP contribution in [0.15, 0.2) is 48.5 Å². The predicted molar refractivity (Wildman–Crippen MR) is 103 cm³/mol. The molecule has 0 aromatic heterocycles. The van der Waals surface area contributed by atoms with Gasteiger partial charge in [0.15, 0.2) is 0 Å². The molecule has 2 amide bonds. The molecule has 1 aliphatic rings. The summed E-state index contributed by atoms with van der Waals surface area (Å²) in [6.07, 6.45) is -2.21. The van der Waals surface area contributed by atoms with Gasteiger partial charge in [-0.15, -0.1) is 0 Å². The lowest BCUT2D eigenvalue weighted by atomic mass is 9.96. The van der Waals surface area contributed by atoms with Crippen molar-refractivity contribution in [1.82, 2.24) is 10.6 Å². The van der Waals surface area contributed by atoms with E-state index in [4.69, 9.17) is 16.3 Å². The first kappa shape index (κ1) is 21.2. The number of aliphatic hydroxyl groups is 2. The molecule has 7 nitrogen and oxygen atoms in total. The van der Waals surface area contributed by atoms with Gasteiger partial charge in [-0.25, -0.2) is 4.39 Å². The Kier molecular flexibility index (Phi) is 6.49. The Morgan fingerprint density at radius 3 is 2.52 bits per heavy atom. The standard InChI is InChI=1S/C20H20ClFN2O5/c21-15-4-2-1-3-14(15)19(27)23-9-16-17(25)20(28,11-29-16)10-24-18(26)12-5-7-13(22)8-6-12/h1-8,16-17,25,28H,9-11H2,(H,23,27)(H,24,26)/t16-,17-,20+/m1/s1. The Morgan fingerprint density at radius 2 is 1.83 bits per heavy atom. The lowest BCUT2D eigenvalue weighted by Crippen LogP contribution is -2.53. The summed E-state index contributed by atoms with van der Waals surface area (Å²) in [5, 5.41) is 26.4. The average Bonchev–Trinajstić information content (AvgIpc) is 3.00. The zero-order valence-corrected chi connectivity index (χ0v) is 16.0. The number of hydrogen-bond donors (Lipinski definition) is 4. The first-order valence-electron chi connectivity index (χ1n) is 8.89. The zero-order chi connectivity index (χ0) is 21.0. The number of ether oxygens (including phenoxy) is 1. The molecule has 0 aliphatic carbocycles. The molecule has 2 aromatic rings. The first-order valence-corrected chi connectivity index (χ1v) is 9.26. The lowest BCUT2D eigenvalue weighted by molar-refractivity contribution is -0.0464. The molecule has 0 unspecified atom stereocenters. The molecule has 0 radical (unpaired) electrons. The van der Waals surface area contributed by atoms with Gasteiger partial charge < -0.3 is 25.6 Å². The average molecular weight is 423 g/mol. The first-order chi connectivity index (χ1) is 13.8. The normalized spacial score (nSPS) is 23.6. The highest BCUT2D eigenvalue weighted by molar-refractivity contribution is 6.33. The fraction of sp³-hybridized carbons (Fsp3) is 0.300. The molecular weight excluding hydrogens is 403 g/mol. The van der Waals surface area contributed by atoms with Crippen LogP contribution >= 0.6 is 11.6 Å². The van der Waals surface area contributed by atoms with E-state index in [-0.39, 0.29) is 35.8 Å². The molecule has 1 fully saturated rings. The van der Waals surface area contributed by atoms with Crippen molar-refractivity contribution in [2.24, 2.45) is 0 Å². The second-order valence-electron chi connectivity index (χ2n) is 6.78. The van der Waals surface area contributed by atoms with E-state index in [1.54, 1.807) is 24.3 Å². The number of rotatable bonds is 6. The summed E-state index contributed by atoms with van der Waals surface area (Å²) in [5.41, 5.74) is -1.23. The number of carbonyl (C=O) groups is 2. The topological polar surface area (TPSA) is 108 Å². The van der Waals surface area contributed by atoms with E-state index < -0.39 is 35.4 Å². The third kappa shape index (κ3) is 4.91. The van der Waals surface area contributed by atoms with Crippen molar-refractivity contribution < 1.29 is 28.9 Å². The van der Waals surface area contributed by atoms with Gasteiger partial charge in [0.2, 0.25) is 0 Å². The number of carbonyl (C=O) groups excluding carboxylic acids is 2. The largest absolute Gasteiger partial charge is 0.387 e. The van der Waals surface area contributed by atoms with Gasteiger partial charge in [0.1, 0.15) is 23.6 Å². The van der Waals surface area contributed by atoms with E-state index in [0.29, 0.717) is 0 Å². The summed E-state index contributed by atoms with van der Waals surface area (Å²) in [7, 11) is 0. The van der Waals surface area contributed by atoms with Gasteiger partial charge in [-0.2, -0.15) is 0 Å². The smallest absolute Gasteiger partial charge is 0.252 e. The van der Waals surface area contributed by atoms with Gasteiger partial charge in [-0.05, 0) is 36.4 Å². The van der Waals surface area contributed by atoms with Gasteiger partial charge in [-0.3, -0.25) is 9.59 Å². The second-order valence-corrected chi connectivity index (χ2v) is 7.18. The third-order valence-corrected chi connectivity index (χ3v) is 5.02. The molecule has 3 rings (SSSR count). The maximum atomic E-state index is 12.9. The van der Waals surface area contributed by atoms with Crippen LogP contribution in [0.3, 0.4) is 0 Å². The fourth-order valence-corrected chi connectivity index (χ4v) is 3.19. The number of amides is 2. The van der Waals surface area contributed by atoms with Gasteiger partial charge in [-0.1, -0.05) is 23.7 Å². The van der Waals surface area contributed by atoms with Crippen molar-refractivity contribution in [3.05, 3.63) is 70.5 Å². The molecule has 154 valence electrons. The van der Waals surface area contributed by atoms with E-state index in [1.165, 1.54) is 12.1 Å². The van der Waals surface area contributed by atoms with E-state index >= 15 is 0 Å². The number of aliphatic hydroxyl groups excluding tert-OH is 1. The predicted octanol–water partition coefficient (Wildman–Crippen LogP) is 1.13. The van der Waals surface area contributed by atoms with E-state index in [9.17, 15) is 24.2 Å². The Bertz CT molecular complexity index is 895. The lowest BCUT2D eigenvalue weighted by Gasteiger charge is -2.26. The summed E-state index contributed by atoms with van der Waals surface area (Å²) in [6, 6.07) is 11.4. The summed E-state index contributed by atoms with van der Waals surface area (Å²) >= 11 is 5.98. The fourth-order valence-electron chi connectivity index (χ4n) is 2.97. The second kappa shape index (κ2) is 8.87. The Morgan fingerprint density at radius 1 is 1.14 bits per heavy atom. The summed E-state index contributed by atoms with van der Waals surface area (Å²) in [5.74, 6) is -1.44. The van der Waals surface area contributed by atoms with E-state index in [1.807, 2.05) is 0 Å². The monoisotopic (exact) mass is 422 g/mol. The van der Waals surface area contributed by atoms with Crippen LogP contribution in [0.25, 0.3) is 0 Å². The van der Waals surface area contributed by atoms with Gasteiger partial charge >= 0.3 is 0 Å². The Hall–Kier alpha value is -2.52. The quantitative estimate of drug-likeness (QED) is 0.558. The zero-order valence-electron chi connectivity index (χ0n) is 15.3. The van der Waals surface area contributed by atoms with Crippen LogP contribution in [0.2, 0.25) is 5.02 Å². The molecule has 9 heteroatoms. The van der Waals surface area contributed by atoms with Crippen molar-refractivity contribution >= 4 is 23.4 Å². The van der Waals surface area contributed by atoms with Crippen molar-refractivity contribution in [3.8, 4) is 0 Å². The third-order valence-electron chi connectivity index (χ3n) is 4.69. The number of halogens is 2. The molecule has 1 saturated heterocycles. The highest BCUT2D eigenvalue weighted by Gasteiger charge is 2.48. The molecule has 1 heterocycles. The highest BCUT2D eigenvalue weighted by atomic mass is 35.5. The maximum absolute atomic E-state index is 12.9. The van der Waals surface area contributed by atoms with Crippen molar-refractivity contribution in [2.75, 3.05) is 19.7 Å². The highest BCUT2D eigenvalue weighted by Crippen LogP contribution is 2.24. The Labute approximate surface area is 171 Å². The van der Waals surface area contributed by atoms with Crippen molar-refractivity contribution in [1.29, 1.82) is 0 Å². The summed E-state index contributed by atoms with van der Waals surface area (Å²) in [4.78, 5) is 24.3. The minimum atomic E-state index is -1.73. The van der Waals surface area contributed by atoms with Crippen molar-refractivity contribution in [2.45, 2.75) is 17.8 Å². The number of hydrogen-bond acceptors (Lipinski definition) is 5. The van der Waals surface area contributed by atoms with E-state index in [0.717, 1.165) is 12.1 Å². The van der Waals surface area contributed by atoms with E-state index in [2.05, 4.69) is 10.6 Å². The molecule has 3 atom stereocenters. The van der Waals surface area contributed by atoms with Crippen LogP contribution < -0.4 is 10.6 Å². The van der Waals surface area contributed by atoms with Crippen LogP contribution in [0.1, 0.15) is 20.7 Å². The molecule has 0 bridgehead atoms. The molecule has 1 aliphatic heterocycles. The van der Waals surface area contributed by atoms with Gasteiger partial charge in [0.05, 0.1) is 23.7 Å². The van der Waals surface area contributed by atoms with Crippen LogP contribution in [0, 0.1) is 5.82 Å². The van der Waals surface area contributed by atoms with Crippen LogP contribution in [0.4, 0.5) is 4.39 Å². The minimum Gasteiger partial charge on any atom is -0.387 e. The van der Waals surface area contributed by atoms with Crippen molar-refractivity contribution in [3.63, 3.8) is 0 Å². The Balaban J connectivity index is 1.53. The summed E-state index contributed by atoms with van der Waals surface area (Å²) < 4.78 is 18.3. The molecule has 0 saturated carbocycles. The molecule has 4 N–H and O–H groups in total. The maximum Gasteiger partial charge on any atom is 0.252 e. The van der Waals surface area contributed by atoms with Crippen LogP contribution in [0.5, 0.6) is 0 Å². The molecular formula is C20H20ClFN2O5. The van der Waals surface area contributed by atoms with Gasteiger partial charge in [0, 0.05) is 12.1 Å². The number of benzene rings is 2. The molecule has 29 heavy (non-hydrogen) atoms. The molecule has 0 spiro atoms. The SMILES string of the molecule is O=C(NC[C@]1(O)CO[C@H](CNC(=O)c2ccccc2Cl)[C@H]1O)c1ccc(F)cc1. The number of nitrogens with one attached hydrogen (secondary N) is 2. The summed E-state index contributed by atoms with van der Waals surface area (Å²) in [6.45, 7) is -0.566.